The predicted octanol–water partition coefficient (Wildman–Crippen LogP) is 2.88. The standard InChI is InChI=1S/C19H15N7O/c1-12-18(13-4-7-15(20-2)8-5-13)19(27)26(23-12)17-9-6-14(10-21-17)16-11-25(3)24-22-16/h4-11,23H,1,3H3. The molecule has 0 radical (unpaired) electrons. The Labute approximate surface area is 154 Å². The zero-order valence-corrected chi connectivity index (χ0v) is 14.7. The fraction of sp³-hybridized carbons (Fsp3) is 0.105. The highest BCUT2D eigenvalue weighted by molar-refractivity contribution is 5.68. The van der Waals surface area contributed by atoms with E-state index in [1.165, 1.54) is 4.68 Å². The van der Waals surface area contributed by atoms with Gasteiger partial charge < -0.3 is 0 Å². The predicted molar refractivity (Wildman–Crippen MR) is 101 cm³/mol. The molecule has 8 heteroatoms. The fourth-order valence-corrected chi connectivity index (χ4v) is 2.90. The molecule has 4 aromatic rings. The second kappa shape index (κ2) is 6.38. The van der Waals surface area contributed by atoms with Crippen LogP contribution in [-0.4, -0.2) is 29.8 Å². The highest BCUT2D eigenvalue weighted by Gasteiger charge is 2.15. The first-order valence-electron chi connectivity index (χ1n) is 8.19. The molecule has 3 heterocycles. The molecule has 3 aromatic heterocycles. The summed E-state index contributed by atoms with van der Waals surface area (Å²) in [7, 11) is 1.80. The normalized spacial score (nSPS) is 10.7. The Kier molecular flexibility index (Phi) is 3.90. The summed E-state index contributed by atoms with van der Waals surface area (Å²) in [5, 5.41) is 11.0. The van der Waals surface area contributed by atoms with Crippen molar-refractivity contribution < 1.29 is 0 Å². The van der Waals surface area contributed by atoms with E-state index < -0.39 is 0 Å². The summed E-state index contributed by atoms with van der Waals surface area (Å²) >= 11 is 0. The van der Waals surface area contributed by atoms with E-state index in [0.717, 1.165) is 16.8 Å². The van der Waals surface area contributed by atoms with E-state index in [9.17, 15) is 4.79 Å². The molecule has 0 bridgehead atoms. The molecular weight excluding hydrogens is 342 g/mol. The molecule has 0 aliphatic heterocycles. The van der Waals surface area contributed by atoms with Crippen LogP contribution in [0.15, 0.2) is 53.6 Å². The lowest BCUT2D eigenvalue weighted by Crippen LogP contribution is -2.16. The lowest BCUT2D eigenvalue weighted by atomic mass is 10.1. The van der Waals surface area contributed by atoms with Gasteiger partial charge >= 0.3 is 0 Å². The third kappa shape index (κ3) is 2.91. The van der Waals surface area contributed by atoms with Gasteiger partial charge in [0.1, 0.15) is 5.69 Å². The van der Waals surface area contributed by atoms with Crippen molar-refractivity contribution in [1.29, 1.82) is 0 Å². The Morgan fingerprint density at radius 3 is 2.44 bits per heavy atom. The van der Waals surface area contributed by atoms with Crippen LogP contribution in [0, 0.1) is 13.5 Å². The van der Waals surface area contributed by atoms with Gasteiger partial charge in [0.05, 0.1) is 18.3 Å². The molecule has 1 aromatic carbocycles. The average Bonchev–Trinajstić information content (AvgIpc) is 3.25. The van der Waals surface area contributed by atoms with Crippen LogP contribution in [0.1, 0.15) is 5.69 Å². The summed E-state index contributed by atoms with van der Waals surface area (Å²) in [6.45, 7) is 8.87. The summed E-state index contributed by atoms with van der Waals surface area (Å²) in [6, 6.07) is 10.6. The highest BCUT2D eigenvalue weighted by Crippen LogP contribution is 2.23. The molecule has 0 amide bonds. The Bertz CT molecular complexity index is 1200. The summed E-state index contributed by atoms with van der Waals surface area (Å²) in [6.07, 6.45) is 3.46. The van der Waals surface area contributed by atoms with Crippen LogP contribution in [0.2, 0.25) is 0 Å². The topological polar surface area (TPSA) is 85.8 Å². The van der Waals surface area contributed by atoms with Crippen LogP contribution >= 0.6 is 0 Å². The fourth-order valence-electron chi connectivity index (χ4n) is 2.90. The van der Waals surface area contributed by atoms with E-state index in [1.807, 2.05) is 13.0 Å². The van der Waals surface area contributed by atoms with E-state index in [4.69, 9.17) is 6.57 Å². The number of hydrogen-bond donors (Lipinski definition) is 1. The number of nitrogens with zero attached hydrogens (tertiary/aromatic N) is 6. The average molecular weight is 357 g/mol. The number of aryl methyl sites for hydroxylation is 2. The second-order valence-electron chi connectivity index (χ2n) is 6.09. The Morgan fingerprint density at radius 1 is 1.11 bits per heavy atom. The summed E-state index contributed by atoms with van der Waals surface area (Å²) < 4.78 is 3.03. The molecule has 8 nitrogen and oxygen atoms in total. The Hall–Kier alpha value is -3.99. The molecule has 0 aliphatic carbocycles. The lowest BCUT2D eigenvalue weighted by Gasteiger charge is -2.01. The third-order valence-electron chi connectivity index (χ3n) is 4.23. The van der Waals surface area contributed by atoms with Gasteiger partial charge in [0.25, 0.3) is 5.56 Å². The monoisotopic (exact) mass is 357 g/mol. The van der Waals surface area contributed by atoms with Crippen molar-refractivity contribution >= 4 is 5.69 Å². The van der Waals surface area contributed by atoms with Crippen LogP contribution in [0.25, 0.3) is 33.0 Å². The van der Waals surface area contributed by atoms with Crippen molar-refractivity contribution in [2.45, 2.75) is 6.92 Å². The Morgan fingerprint density at radius 2 is 1.85 bits per heavy atom. The number of aromatic nitrogens is 6. The number of pyridine rings is 1. The van der Waals surface area contributed by atoms with Crippen molar-refractivity contribution in [2.24, 2.45) is 7.05 Å². The van der Waals surface area contributed by atoms with Gasteiger partial charge in [0, 0.05) is 24.5 Å². The van der Waals surface area contributed by atoms with Gasteiger partial charge in [-0.05, 0) is 24.6 Å². The lowest BCUT2D eigenvalue weighted by molar-refractivity contribution is 0.715. The molecule has 1 N–H and O–H groups in total. The van der Waals surface area contributed by atoms with Crippen molar-refractivity contribution in [1.82, 2.24) is 29.8 Å². The van der Waals surface area contributed by atoms with Crippen LogP contribution in [0.5, 0.6) is 0 Å². The van der Waals surface area contributed by atoms with Crippen molar-refractivity contribution in [2.75, 3.05) is 0 Å². The number of aromatic amines is 1. The van der Waals surface area contributed by atoms with Gasteiger partial charge in [-0.1, -0.05) is 29.5 Å². The van der Waals surface area contributed by atoms with E-state index in [0.29, 0.717) is 22.8 Å². The van der Waals surface area contributed by atoms with Gasteiger partial charge in [-0.2, -0.15) is 0 Å². The zero-order valence-electron chi connectivity index (χ0n) is 14.7. The van der Waals surface area contributed by atoms with Gasteiger partial charge in [0.2, 0.25) is 0 Å². The number of rotatable bonds is 3. The number of H-pyrrole nitrogens is 1. The van der Waals surface area contributed by atoms with Crippen molar-refractivity contribution in [3.8, 4) is 28.2 Å². The minimum Gasteiger partial charge on any atom is -0.293 e. The van der Waals surface area contributed by atoms with Gasteiger partial charge in [-0.15, -0.1) is 5.10 Å². The van der Waals surface area contributed by atoms with E-state index in [1.54, 1.807) is 54.5 Å². The maximum Gasteiger partial charge on any atom is 0.280 e. The van der Waals surface area contributed by atoms with E-state index in [-0.39, 0.29) is 5.56 Å². The first-order valence-corrected chi connectivity index (χ1v) is 8.19. The molecule has 0 saturated heterocycles. The molecule has 0 unspecified atom stereocenters. The van der Waals surface area contributed by atoms with Gasteiger partial charge in [-0.25, -0.2) is 14.5 Å². The largest absolute Gasteiger partial charge is 0.293 e. The van der Waals surface area contributed by atoms with Crippen LogP contribution in [-0.2, 0) is 7.05 Å². The highest BCUT2D eigenvalue weighted by atomic mass is 16.1. The first kappa shape index (κ1) is 16.5. The van der Waals surface area contributed by atoms with Crippen molar-refractivity contribution in [3.63, 3.8) is 0 Å². The molecule has 132 valence electrons. The quantitative estimate of drug-likeness (QED) is 0.571. The van der Waals surface area contributed by atoms with Crippen molar-refractivity contribution in [3.05, 3.63) is 76.3 Å². The number of benzene rings is 1. The SMILES string of the molecule is [C-]#[N+]c1ccc(-c2c(C)[nH]n(-c3ccc(-c4cn(C)nn4)cn3)c2=O)cc1. The summed E-state index contributed by atoms with van der Waals surface area (Å²) in [5.74, 6) is 0.486. The molecule has 0 atom stereocenters. The molecule has 0 spiro atoms. The van der Waals surface area contributed by atoms with E-state index >= 15 is 0 Å². The maximum absolute atomic E-state index is 12.9. The summed E-state index contributed by atoms with van der Waals surface area (Å²) in [4.78, 5) is 20.7. The minimum atomic E-state index is -0.192. The third-order valence-corrected chi connectivity index (χ3v) is 4.23. The van der Waals surface area contributed by atoms with E-state index in [2.05, 4.69) is 25.2 Å². The van der Waals surface area contributed by atoms with Crippen LogP contribution in [0.3, 0.4) is 0 Å². The molecule has 27 heavy (non-hydrogen) atoms. The Balaban J connectivity index is 1.72. The van der Waals surface area contributed by atoms with Crippen LogP contribution in [0.4, 0.5) is 5.69 Å². The number of hydrogen-bond acceptors (Lipinski definition) is 4. The molecule has 0 fully saturated rings. The van der Waals surface area contributed by atoms with Gasteiger partial charge in [0.15, 0.2) is 11.5 Å². The summed E-state index contributed by atoms with van der Waals surface area (Å²) in [5.41, 5.74) is 3.93. The van der Waals surface area contributed by atoms with Gasteiger partial charge in [-0.3, -0.25) is 14.6 Å². The van der Waals surface area contributed by atoms with Crippen LogP contribution < -0.4 is 5.56 Å². The molecule has 4 rings (SSSR count). The first-order chi connectivity index (χ1) is 13.1. The minimum absolute atomic E-state index is 0.192. The second-order valence-corrected chi connectivity index (χ2v) is 6.09. The number of nitrogens with one attached hydrogen (secondary N) is 1. The zero-order chi connectivity index (χ0) is 19.0. The molecular formula is C19H15N7O. The smallest absolute Gasteiger partial charge is 0.280 e. The molecule has 0 aliphatic rings. The maximum atomic E-state index is 12.9. The molecule has 0 saturated carbocycles.